The third-order valence-electron chi connectivity index (χ3n) is 4.12. The molecule has 3 rings (SSSR count). The third kappa shape index (κ3) is 4.30. The first-order valence-corrected chi connectivity index (χ1v) is 10.8. The molecule has 1 aliphatic heterocycles. The van der Waals surface area contributed by atoms with Crippen molar-refractivity contribution in [2.75, 3.05) is 17.6 Å². The van der Waals surface area contributed by atoms with Gasteiger partial charge in [0.1, 0.15) is 5.01 Å². The van der Waals surface area contributed by atoms with Gasteiger partial charge in [-0.25, -0.2) is 17.2 Å². The van der Waals surface area contributed by atoms with E-state index in [9.17, 15) is 22.0 Å². The van der Waals surface area contributed by atoms with Crippen LogP contribution in [0.3, 0.4) is 0 Å². The minimum absolute atomic E-state index is 0.0227. The number of hydrogen-bond acceptors (Lipinski definition) is 6. The first-order valence-electron chi connectivity index (χ1n) is 8.41. The fraction of sp³-hybridized carbons (Fsp3) is 0.438. The first kappa shape index (κ1) is 19.8. The maximum atomic E-state index is 13.2. The zero-order valence-corrected chi connectivity index (χ0v) is 16.1. The van der Waals surface area contributed by atoms with Crippen molar-refractivity contribution in [2.24, 2.45) is 0 Å². The van der Waals surface area contributed by atoms with E-state index in [0.717, 1.165) is 23.5 Å². The lowest BCUT2D eigenvalue weighted by Gasteiger charge is -2.21. The zero-order valence-electron chi connectivity index (χ0n) is 14.5. The molecule has 2 aromatic rings. The van der Waals surface area contributed by atoms with Crippen molar-refractivity contribution in [3.05, 3.63) is 39.8 Å². The molecule has 0 saturated carbocycles. The summed E-state index contributed by atoms with van der Waals surface area (Å²) in [5.41, 5.74) is 0.0867. The molecule has 11 heteroatoms. The van der Waals surface area contributed by atoms with E-state index in [2.05, 4.69) is 15.5 Å². The summed E-state index contributed by atoms with van der Waals surface area (Å²) in [6, 6.07) is 2.58. The molecule has 0 radical (unpaired) electrons. The SMILES string of the molecule is CCCS(=O)(=O)N1CCCC1c1nnc(C(=O)Nc2ccc(F)c(F)c2)s1. The maximum absolute atomic E-state index is 13.2. The predicted molar refractivity (Wildman–Crippen MR) is 97.0 cm³/mol. The van der Waals surface area contributed by atoms with Gasteiger partial charge in [-0.15, -0.1) is 10.2 Å². The van der Waals surface area contributed by atoms with Gasteiger partial charge in [-0.3, -0.25) is 4.79 Å². The van der Waals surface area contributed by atoms with Gasteiger partial charge in [-0.05, 0) is 31.4 Å². The molecule has 146 valence electrons. The van der Waals surface area contributed by atoms with Gasteiger partial charge in [0.2, 0.25) is 15.0 Å². The lowest BCUT2D eigenvalue weighted by Crippen LogP contribution is -2.32. The van der Waals surface area contributed by atoms with Crippen LogP contribution >= 0.6 is 11.3 Å². The van der Waals surface area contributed by atoms with Crippen molar-refractivity contribution in [3.63, 3.8) is 0 Å². The molecular weight excluding hydrogens is 398 g/mol. The summed E-state index contributed by atoms with van der Waals surface area (Å²) < 4.78 is 52.4. The lowest BCUT2D eigenvalue weighted by molar-refractivity contribution is 0.102. The molecule has 1 unspecified atom stereocenters. The highest BCUT2D eigenvalue weighted by Crippen LogP contribution is 2.36. The number of amides is 1. The van der Waals surface area contributed by atoms with Crippen molar-refractivity contribution in [1.29, 1.82) is 0 Å². The van der Waals surface area contributed by atoms with Gasteiger partial charge in [0.15, 0.2) is 11.6 Å². The smallest absolute Gasteiger partial charge is 0.286 e. The number of carbonyl (C=O) groups is 1. The van der Waals surface area contributed by atoms with Crippen LogP contribution in [0.2, 0.25) is 0 Å². The molecule has 7 nitrogen and oxygen atoms in total. The van der Waals surface area contributed by atoms with Crippen molar-refractivity contribution >= 4 is 33.0 Å². The monoisotopic (exact) mass is 416 g/mol. The Labute approximate surface area is 159 Å². The molecule has 1 aliphatic rings. The van der Waals surface area contributed by atoms with E-state index < -0.39 is 33.6 Å². The number of anilines is 1. The number of sulfonamides is 1. The largest absolute Gasteiger partial charge is 0.320 e. The van der Waals surface area contributed by atoms with E-state index in [1.54, 1.807) is 6.92 Å². The second-order valence-corrected chi connectivity index (χ2v) is 9.16. The van der Waals surface area contributed by atoms with Crippen LogP contribution in [-0.2, 0) is 10.0 Å². The Balaban J connectivity index is 1.75. The summed E-state index contributed by atoms with van der Waals surface area (Å²) >= 11 is 0.995. The molecule has 1 atom stereocenters. The second-order valence-electron chi connectivity index (χ2n) is 6.11. The number of aromatic nitrogens is 2. The van der Waals surface area contributed by atoms with E-state index >= 15 is 0 Å². The molecule has 2 heterocycles. The van der Waals surface area contributed by atoms with Gasteiger partial charge < -0.3 is 5.32 Å². The molecule has 0 bridgehead atoms. The Hall–Kier alpha value is -1.98. The summed E-state index contributed by atoms with van der Waals surface area (Å²) in [6.07, 6.45) is 1.84. The van der Waals surface area contributed by atoms with Crippen LogP contribution in [0, 0.1) is 11.6 Å². The van der Waals surface area contributed by atoms with E-state index in [-0.39, 0.29) is 16.4 Å². The predicted octanol–water partition coefficient (Wildman–Crippen LogP) is 2.95. The quantitative estimate of drug-likeness (QED) is 0.782. The number of nitrogens with zero attached hydrogens (tertiary/aromatic N) is 3. The standard InChI is InChI=1S/C16H18F2N4O3S2/c1-2-8-27(24,25)22-7-3-4-13(22)15-20-21-16(26-15)14(23)19-10-5-6-11(17)12(18)9-10/h5-6,9,13H,2-4,7-8H2,1H3,(H,19,23). The van der Waals surface area contributed by atoms with E-state index in [1.165, 1.54) is 10.4 Å². The minimum Gasteiger partial charge on any atom is -0.320 e. The summed E-state index contributed by atoms with van der Waals surface area (Å²) in [6.45, 7) is 2.22. The molecule has 1 N–H and O–H groups in total. The highest BCUT2D eigenvalue weighted by molar-refractivity contribution is 7.89. The number of benzene rings is 1. The molecule has 1 fully saturated rings. The summed E-state index contributed by atoms with van der Waals surface area (Å²) in [4.78, 5) is 12.3. The van der Waals surface area contributed by atoms with E-state index in [1.807, 2.05) is 0 Å². The fourth-order valence-electron chi connectivity index (χ4n) is 2.91. The molecule has 0 aliphatic carbocycles. The normalized spacial score (nSPS) is 18.0. The van der Waals surface area contributed by atoms with Crippen LogP contribution in [0.4, 0.5) is 14.5 Å². The van der Waals surface area contributed by atoms with Crippen molar-refractivity contribution in [3.8, 4) is 0 Å². The number of nitrogens with one attached hydrogen (secondary N) is 1. The Morgan fingerprint density at radius 1 is 1.33 bits per heavy atom. The number of halogens is 2. The minimum atomic E-state index is -3.38. The molecular formula is C16H18F2N4O3S2. The zero-order chi connectivity index (χ0) is 19.6. The van der Waals surface area contributed by atoms with E-state index in [0.29, 0.717) is 30.8 Å². The summed E-state index contributed by atoms with van der Waals surface area (Å²) in [5, 5.41) is 10.7. The molecule has 1 aromatic carbocycles. The summed E-state index contributed by atoms with van der Waals surface area (Å²) in [7, 11) is -3.38. The van der Waals surface area contributed by atoms with Crippen LogP contribution in [0.25, 0.3) is 0 Å². The molecule has 1 amide bonds. The van der Waals surface area contributed by atoms with Crippen LogP contribution in [-0.4, -0.2) is 41.1 Å². The van der Waals surface area contributed by atoms with Crippen LogP contribution in [0.1, 0.15) is 47.0 Å². The molecule has 27 heavy (non-hydrogen) atoms. The summed E-state index contributed by atoms with van der Waals surface area (Å²) in [5.74, 6) is -2.65. The molecule has 1 aromatic heterocycles. The van der Waals surface area contributed by atoms with Gasteiger partial charge in [-0.2, -0.15) is 4.31 Å². The molecule has 0 spiro atoms. The lowest BCUT2D eigenvalue weighted by atomic mass is 10.2. The fourth-order valence-corrected chi connectivity index (χ4v) is 5.62. The van der Waals surface area contributed by atoms with Crippen LogP contribution in [0.5, 0.6) is 0 Å². The Kier molecular flexibility index (Phi) is 5.82. The van der Waals surface area contributed by atoms with Crippen molar-refractivity contribution in [2.45, 2.75) is 32.2 Å². The van der Waals surface area contributed by atoms with Crippen molar-refractivity contribution < 1.29 is 22.0 Å². The Bertz CT molecular complexity index is 949. The highest BCUT2D eigenvalue weighted by Gasteiger charge is 2.37. The average molecular weight is 416 g/mol. The maximum Gasteiger partial charge on any atom is 0.286 e. The first-order chi connectivity index (χ1) is 12.8. The van der Waals surface area contributed by atoms with Crippen molar-refractivity contribution in [1.82, 2.24) is 14.5 Å². The van der Waals surface area contributed by atoms with Crippen LogP contribution in [0.15, 0.2) is 18.2 Å². The second kappa shape index (κ2) is 7.95. The number of hydrogen-bond donors (Lipinski definition) is 1. The van der Waals surface area contributed by atoms with Crippen LogP contribution < -0.4 is 5.32 Å². The Morgan fingerprint density at radius 3 is 2.81 bits per heavy atom. The van der Waals surface area contributed by atoms with Gasteiger partial charge in [0.25, 0.3) is 5.91 Å². The topological polar surface area (TPSA) is 92.3 Å². The van der Waals surface area contributed by atoms with E-state index in [4.69, 9.17) is 0 Å². The van der Waals surface area contributed by atoms with Gasteiger partial charge >= 0.3 is 0 Å². The number of rotatable bonds is 6. The molecule has 1 saturated heterocycles. The Morgan fingerprint density at radius 2 is 2.11 bits per heavy atom. The number of carbonyl (C=O) groups excluding carboxylic acids is 1. The van der Waals surface area contributed by atoms with Gasteiger partial charge in [0, 0.05) is 18.3 Å². The van der Waals surface area contributed by atoms with Gasteiger partial charge in [0.05, 0.1) is 11.8 Å². The highest BCUT2D eigenvalue weighted by atomic mass is 32.2. The average Bonchev–Trinajstić information content (AvgIpc) is 3.27. The third-order valence-corrected chi connectivity index (χ3v) is 7.22. The van der Waals surface area contributed by atoms with Gasteiger partial charge in [-0.1, -0.05) is 18.3 Å².